The van der Waals surface area contributed by atoms with E-state index in [1.807, 2.05) is 62.4 Å². The molecule has 0 aliphatic rings. The molecule has 0 saturated carbocycles. The molecule has 0 aliphatic heterocycles. The van der Waals surface area contributed by atoms with Gasteiger partial charge in [0.15, 0.2) is 5.76 Å². The second-order valence-electron chi connectivity index (χ2n) is 6.82. The highest BCUT2D eigenvalue weighted by atomic mass is 16.3. The molecule has 1 amide bonds. The van der Waals surface area contributed by atoms with Crippen LogP contribution in [0.3, 0.4) is 0 Å². The van der Waals surface area contributed by atoms with E-state index in [1.165, 1.54) is 6.26 Å². The third-order valence-corrected chi connectivity index (χ3v) is 4.88. The van der Waals surface area contributed by atoms with Gasteiger partial charge in [0.2, 0.25) is 0 Å². The summed E-state index contributed by atoms with van der Waals surface area (Å²) >= 11 is 0. The second-order valence-corrected chi connectivity index (χ2v) is 6.82. The zero-order valence-corrected chi connectivity index (χ0v) is 15.7. The number of fused-ring (bicyclic) bond motifs is 1. The van der Waals surface area contributed by atoms with Gasteiger partial charge in [0.05, 0.1) is 18.3 Å². The van der Waals surface area contributed by atoms with Crippen molar-refractivity contribution in [3.05, 3.63) is 99.7 Å². The lowest BCUT2D eigenvalue weighted by Crippen LogP contribution is -2.33. The second kappa shape index (κ2) is 7.19. The molecule has 2 heterocycles. The molecule has 0 radical (unpaired) electrons. The van der Waals surface area contributed by atoms with Crippen LogP contribution in [0.1, 0.15) is 27.2 Å². The maximum Gasteiger partial charge on any atom is 0.294 e. The number of benzene rings is 2. The Hall–Kier alpha value is -3.60. The number of hydrogen-bond donors (Lipinski definition) is 1. The van der Waals surface area contributed by atoms with Crippen molar-refractivity contribution in [1.29, 1.82) is 0 Å². The quantitative estimate of drug-likeness (QED) is 0.570. The first-order chi connectivity index (χ1) is 13.5. The lowest BCUT2D eigenvalue weighted by atomic mass is 10.1. The number of carbonyl (C=O) groups excluding carboxylic acids is 1. The first kappa shape index (κ1) is 17.8. The lowest BCUT2D eigenvalue weighted by Gasteiger charge is -2.23. The van der Waals surface area contributed by atoms with Gasteiger partial charge in [-0.2, -0.15) is 0 Å². The van der Waals surface area contributed by atoms with Crippen LogP contribution in [0.4, 0.5) is 5.69 Å². The lowest BCUT2D eigenvalue weighted by molar-refractivity contribution is 0.0958. The number of anilines is 1. The van der Waals surface area contributed by atoms with Gasteiger partial charge in [-0.05, 0) is 54.6 Å². The van der Waals surface area contributed by atoms with Crippen LogP contribution in [-0.2, 0) is 6.54 Å². The molecule has 1 N–H and O–H groups in total. The molecule has 0 spiro atoms. The minimum atomic E-state index is -0.289. The Balaban J connectivity index is 1.81. The molecule has 4 rings (SSSR count). The van der Waals surface area contributed by atoms with Gasteiger partial charge in [-0.25, -0.2) is 0 Å². The predicted octanol–water partition coefficient (Wildman–Crippen LogP) is 4.58. The number of H-pyrrole nitrogens is 1. The van der Waals surface area contributed by atoms with Crippen molar-refractivity contribution in [3.63, 3.8) is 0 Å². The maximum atomic E-state index is 13.1. The molecule has 0 aliphatic carbocycles. The Morgan fingerprint density at radius 2 is 1.79 bits per heavy atom. The third kappa shape index (κ3) is 3.22. The molecule has 2 aromatic heterocycles. The smallest absolute Gasteiger partial charge is 0.294 e. The summed E-state index contributed by atoms with van der Waals surface area (Å²) in [6.45, 7) is 4.04. The number of pyridine rings is 1. The molecular weight excluding hydrogens is 352 g/mol. The average molecular weight is 372 g/mol. The van der Waals surface area contributed by atoms with E-state index < -0.39 is 0 Å². The van der Waals surface area contributed by atoms with E-state index in [1.54, 1.807) is 17.0 Å². The third-order valence-electron chi connectivity index (χ3n) is 4.88. The van der Waals surface area contributed by atoms with E-state index in [-0.39, 0.29) is 23.8 Å². The molecule has 5 nitrogen and oxygen atoms in total. The number of aromatic amines is 1. The van der Waals surface area contributed by atoms with Crippen molar-refractivity contribution in [3.8, 4) is 0 Å². The van der Waals surface area contributed by atoms with E-state index in [0.29, 0.717) is 5.56 Å². The highest BCUT2D eigenvalue weighted by Crippen LogP contribution is 2.24. The normalized spacial score (nSPS) is 10.9. The monoisotopic (exact) mass is 372 g/mol. The van der Waals surface area contributed by atoms with E-state index >= 15 is 0 Å². The topological polar surface area (TPSA) is 66.3 Å². The summed E-state index contributed by atoms with van der Waals surface area (Å²) in [5, 5.41) is 0.935. The highest BCUT2D eigenvalue weighted by Gasteiger charge is 2.23. The van der Waals surface area contributed by atoms with Gasteiger partial charge >= 0.3 is 0 Å². The molecular formula is C23H20N2O3. The van der Waals surface area contributed by atoms with Gasteiger partial charge in [0, 0.05) is 11.3 Å². The van der Waals surface area contributed by atoms with Gasteiger partial charge in [-0.3, -0.25) is 9.59 Å². The fraction of sp³-hybridized carbons (Fsp3) is 0.130. The zero-order chi connectivity index (χ0) is 19.7. The zero-order valence-electron chi connectivity index (χ0n) is 15.7. The van der Waals surface area contributed by atoms with E-state index in [4.69, 9.17) is 4.42 Å². The van der Waals surface area contributed by atoms with Crippen LogP contribution in [0.25, 0.3) is 10.9 Å². The SMILES string of the molecule is Cc1ccccc1N(Cc1cc2cccc(C)c2[nH]c1=O)C(=O)c1ccco1. The van der Waals surface area contributed by atoms with Gasteiger partial charge in [0.25, 0.3) is 11.5 Å². The largest absolute Gasteiger partial charge is 0.459 e. The molecule has 5 heteroatoms. The number of aromatic nitrogens is 1. The van der Waals surface area contributed by atoms with Gasteiger partial charge in [0.1, 0.15) is 0 Å². The molecule has 140 valence electrons. The van der Waals surface area contributed by atoms with E-state index in [2.05, 4.69) is 4.98 Å². The Morgan fingerprint density at radius 3 is 2.54 bits per heavy atom. The van der Waals surface area contributed by atoms with Crippen LogP contribution in [0.5, 0.6) is 0 Å². The molecule has 0 fully saturated rings. The van der Waals surface area contributed by atoms with Crippen molar-refractivity contribution in [2.45, 2.75) is 20.4 Å². The Bertz CT molecular complexity index is 1210. The molecule has 0 saturated heterocycles. The first-order valence-electron chi connectivity index (χ1n) is 9.07. The molecule has 2 aromatic carbocycles. The van der Waals surface area contributed by atoms with Crippen LogP contribution in [0, 0.1) is 13.8 Å². The summed E-state index contributed by atoms with van der Waals surface area (Å²) in [4.78, 5) is 30.4. The fourth-order valence-corrected chi connectivity index (χ4v) is 3.38. The van der Waals surface area contributed by atoms with Crippen LogP contribution in [-0.4, -0.2) is 10.9 Å². The van der Waals surface area contributed by atoms with Crippen molar-refractivity contribution in [1.82, 2.24) is 4.98 Å². The summed E-state index contributed by atoms with van der Waals surface area (Å²) in [5.41, 5.74) is 3.82. The summed E-state index contributed by atoms with van der Waals surface area (Å²) in [6.07, 6.45) is 1.47. The standard InChI is InChI=1S/C23H20N2O3/c1-15-7-3-4-10-19(15)25(23(27)20-11-6-12-28-20)14-18-13-17-9-5-8-16(2)21(17)24-22(18)26/h3-13H,14H2,1-2H3,(H,24,26). The molecule has 4 aromatic rings. The molecule has 28 heavy (non-hydrogen) atoms. The fourth-order valence-electron chi connectivity index (χ4n) is 3.38. The number of amides is 1. The number of rotatable bonds is 4. The van der Waals surface area contributed by atoms with E-state index in [0.717, 1.165) is 27.7 Å². The maximum absolute atomic E-state index is 13.1. The summed E-state index contributed by atoms with van der Waals surface area (Å²) in [6, 6.07) is 18.6. The summed E-state index contributed by atoms with van der Waals surface area (Å²) < 4.78 is 5.31. The van der Waals surface area contributed by atoms with Crippen LogP contribution >= 0.6 is 0 Å². The van der Waals surface area contributed by atoms with Crippen molar-refractivity contribution in [2.75, 3.05) is 4.90 Å². The minimum Gasteiger partial charge on any atom is -0.459 e. The predicted molar refractivity (Wildman–Crippen MR) is 110 cm³/mol. The summed E-state index contributed by atoms with van der Waals surface area (Å²) in [5.74, 6) is -0.0562. The van der Waals surface area contributed by atoms with Crippen LogP contribution in [0.2, 0.25) is 0 Å². The average Bonchev–Trinajstić information content (AvgIpc) is 3.22. The Morgan fingerprint density at radius 1 is 1.00 bits per heavy atom. The van der Waals surface area contributed by atoms with Gasteiger partial charge < -0.3 is 14.3 Å². The van der Waals surface area contributed by atoms with E-state index in [9.17, 15) is 9.59 Å². The van der Waals surface area contributed by atoms with Gasteiger partial charge in [-0.15, -0.1) is 0 Å². The molecule has 0 unspecified atom stereocenters. The molecule has 0 bridgehead atoms. The number of para-hydroxylation sites is 2. The van der Waals surface area contributed by atoms with Crippen LogP contribution in [0.15, 0.2) is 76.1 Å². The Kier molecular flexibility index (Phi) is 4.57. The first-order valence-corrected chi connectivity index (χ1v) is 9.07. The van der Waals surface area contributed by atoms with Crippen molar-refractivity contribution in [2.24, 2.45) is 0 Å². The number of hydrogen-bond acceptors (Lipinski definition) is 3. The number of furan rings is 1. The minimum absolute atomic E-state index is 0.142. The molecule has 0 atom stereocenters. The van der Waals surface area contributed by atoms with Gasteiger partial charge in [-0.1, -0.05) is 36.4 Å². The summed E-state index contributed by atoms with van der Waals surface area (Å²) in [7, 11) is 0. The van der Waals surface area contributed by atoms with Crippen molar-refractivity contribution < 1.29 is 9.21 Å². The number of nitrogens with zero attached hydrogens (tertiary/aromatic N) is 1. The number of carbonyl (C=O) groups is 1. The van der Waals surface area contributed by atoms with Crippen LogP contribution < -0.4 is 10.5 Å². The Labute approximate surface area is 162 Å². The number of nitrogens with one attached hydrogen (secondary N) is 1. The highest BCUT2D eigenvalue weighted by molar-refractivity contribution is 6.04. The van der Waals surface area contributed by atoms with Crippen molar-refractivity contribution >= 4 is 22.5 Å². The number of aryl methyl sites for hydroxylation is 2.